The van der Waals surface area contributed by atoms with Gasteiger partial charge in [0, 0.05) is 16.3 Å². The number of carbonyl (C=O) groups excluding carboxylic acids is 1. The number of hydrogen-bond acceptors (Lipinski definition) is 4. The van der Waals surface area contributed by atoms with Gasteiger partial charge in [-0.2, -0.15) is 0 Å². The molecule has 136 valence electrons. The highest BCUT2D eigenvalue weighted by Gasteiger charge is 2.16. The summed E-state index contributed by atoms with van der Waals surface area (Å²) in [6.07, 6.45) is 4.78. The van der Waals surface area contributed by atoms with Crippen molar-refractivity contribution in [1.29, 1.82) is 4.78 Å². The second-order valence-corrected chi connectivity index (χ2v) is 9.18. The topological polar surface area (TPSA) is 79.3 Å². The minimum Gasteiger partial charge on any atom is -0.444 e. The predicted molar refractivity (Wildman–Crippen MR) is 99.1 cm³/mol. The number of ether oxygens (including phenoxy) is 1. The van der Waals surface area contributed by atoms with Crippen LogP contribution < -0.4 is 5.32 Å². The second kappa shape index (κ2) is 9.06. The zero-order chi connectivity index (χ0) is 18.2. The van der Waals surface area contributed by atoms with E-state index in [1.807, 2.05) is 0 Å². The monoisotopic (exact) mass is 354 g/mol. The van der Waals surface area contributed by atoms with Gasteiger partial charge in [-0.15, -0.1) is 0 Å². The molecule has 0 radical (unpaired) electrons. The van der Waals surface area contributed by atoms with Gasteiger partial charge < -0.3 is 4.74 Å². The van der Waals surface area contributed by atoms with Crippen LogP contribution in [-0.2, 0) is 14.5 Å². The molecular weight excluding hydrogens is 324 g/mol. The zero-order valence-corrected chi connectivity index (χ0v) is 16.0. The quantitative estimate of drug-likeness (QED) is 0.613. The molecule has 0 spiro atoms. The highest BCUT2D eigenvalue weighted by Crippen LogP contribution is 2.18. The molecule has 0 aliphatic heterocycles. The first-order valence-corrected chi connectivity index (χ1v) is 10.2. The highest BCUT2D eigenvalue weighted by atomic mass is 32.2. The molecule has 0 aromatic heterocycles. The van der Waals surface area contributed by atoms with E-state index >= 15 is 0 Å². The van der Waals surface area contributed by atoms with Crippen LogP contribution in [0.5, 0.6) is 0 Å². The van der Waals surface area contributed by atoms with Gasteiger partial charge in [-0.1, -0.05) is 32.6 Å². The maximum Gasteiger partial charge on any atom is 0.412 e. The number of benzene rings is 1. The smallest absolute Gasteiger partial charge is 0.412 e. The van der Waals surface area contributed by atoms with E-state index in [0.717, 1.165) is 19.3 Å². The lowest BCUT2D eigenvalue weighted by Gasteiger charge is -2.19. The van der Waals surface area contributed by atoms with Gasteiger partial charge >= 0.3 is 6.09 Å². The Bertz CT molecular complexity index is 617. The molecule has 0 bridgehead atoms. The largest absolute Gasteiger partial charge is 0.444 e. The Hall–Kier alpha value is -1.56. The fourth-order valence-electron chi connectivity index (χ4n) is 2.21. The summed E-state index contributed by atoms with van der Waals surface area (Å²) < 4.78 is 25.8. The maximum absolute atomic E-state index is 12.5. The molecule has 24 heavy (non-hydrogen) atoms. The number of carbonyl (C=O) groups is 1. The molecule has 0 aliphatic rings. The third kappa shape index (κ3) is 7.81. The van der Waals surface area contributed by atoms with Crippen LogP contribution >= 0.6 is 0 Å². The van der Waals surface area contributed by atoms with Crippen LogP contribution in [0.4, 0.5) is 10.5 Å². The summed E-state index contributed by atoms with van der Waals surface area (Å²) in [7, 11) is -2.77. The van der Waals surface area contributed by atoms with E-state index in [9.17, 15) is 9.00 Å². The first-order chi connectivity index (χ1) is 11.1. The van der Waals surface area contributed by atoms with Crippen LogP contribution in [0.2, 0.25) is 0 Å². The van der Waals surface area contributed by atoms with Crippen molar-refractivity contribution in [3.8, 4) is 0 Å². The average molecular weight is 355 g/mol. The Morgan fingerprint density at radius 3 is 2.25 bits per heavy atom. The summed E-state index contributed by atoms with van der Waals surface area (Å²) in [5.74, 6) is 0.384. The van der Waals surface area contributed by atoms with Gasteiger partial charge in [-0.3, -0.25) is 5.32 Å². The van der Waals surface area contributed by atoms with Crippen LogP contribution in [0.15, 0.2) is 29.2 Å². The molecule has 0 saturated carbocycles. The Balaban J connectivity index is 2.58. The van der Waals surface area contributed by atoms with E-state index in [4.69, 9.17) is 9.52 Å². The molecule has 5 nitrogen and oxygen atoms in total. The first-order valence-electron chi connectivity index (χ1n) is 8.50. The molecule has 6 heteroatoms. The van der Waals surface area contributed by atoms with Crippen LogP contribution in [-0.4, -0.2) is 21.7 Å². The van der Waals surface area contributed by atoms with Gasteiger partial charge in [0.15, 0.2) is 0 Å². The van der Waals surface area contributed by atoms with Crippen molar-refractivity contribution in [2.24, 2.45) is 0 Å². The average Bonchev–Trinajstić information content (AvgIpc) is 2.45. The normalized spacial score (nSPS) is 14.0. The molecule has 1 aromatic carbocycles. The number of anilines is 1. The molecule has 2 N–H and O–H groups in total. The van der Waals surface area contributed by atoms with Crippen molar-refractivity contribution in [1.82, 2.24) is 0 Å². The molecule has 0 heterocycles. The van der Waals surface area contributed by atoms with Crippen molar-refractivity contribution < 1.29 is 13.7 Å². The van der Waals surface area contributed by atoms with Crippen LogP contribution in [0, 0.1) is 4.78 Å². The van der Waals surface area contributed by atoms with Gasteiger partial charge in [0.2, 0.25) is 0 Å². The SMILES string of the molecule is CCCCCCCS(=N)(=O)c1ccc(NC(=O)OC(C)(C)C)cc1. The fourth-order valence-corrected chi connectivity index (χ4v) is 3.63. The number of amides is 1. The standard InChI is InChI=1S/C18H30N2O3S/c1-5-6-7-8-9-14-24(19,22)16-12-10-15(11-13-16)20-17(21)23-18(2,3)4/h10-13,19H,5-9,14H2,1-4H3,(H,20,21). The van der Waals surface area contributed by atoms with E-state index in [0.29, 0.717) is 16.3 Å². The predicted octanol–water partition coefficient (Wildman–Crippen LogP) is 5.41. The minimum absolute atomic E-state index is 0.384. The van der Waals surface area contributed by atoms with Crippen LogP contribution in [0.1, 0.15) is 59.8 Å². The summed E-state index contributed by atoms with van der Waals surface area (Å²) in [4.78, 5) is 12.2. The third-order valence-corrected chi connectivity index (χ3v) is 5.31. The van der Waals surface area contributed by atoms with E-state index in [-0.39, 0.29) is 0 Å². The summed E-state index contributed by atoms with van der Waals surface area (Å²) in [5, 5.41) is 2.63. The van der Waals surface area contributed by atoms with Gasteiger partial charge in [0.1, 0.15) is 5.60 Å². The molecule has 1 unspecified atom stereocenters. The Labute approximate surface area is 146 Å². The van der Waals surface area contributed by atoms with E-state index in [2.05, 4.69) is 12.2 Å². The van der Waals surface area contributed by atoms with E-state index < -0.39 is 21.4 Å². The molecule has 1 atom stereocenters. The van der Waals surface area contributed by atoms with Crippen molar-refractivity contribution in [2.45, 2.75) is 70.3 Å². The van der Waals surface area contributed by atoms with Crippen LogP contribution in [0.3, 0.4) is 0 Å². The number of nitrogens with one attached hydrogen (secondary N) is 2. The fraction of sp³-hybridized carbons (Fsp3) is 0.611. The van der Waals surface area contributed by atoms with Gasteiger partial charge in [0.25, 0.3) is 0 Å². The number of unbranched alkanes of at least 4 members (excludes halogenated alkanes) is 4. The summed E-state index contributed by atoms with van der Waals surface area (Å²) in [5.41, 5.74) is 0.00301. The lowest BCUT2D eigenvalue weighted by atomic mass is 10.2. The molecular formula is C18H30N2O3S. The number of hydrogen-bond donors (Lipinski definition) is 2. The molecule has 1 aromatic rings. The van der Waals surface area contributed by atoms with Gasteiger partial charge in [-0.25, -0.2) is 13.8 Å². The van der Waals surface area contributed by atoms with Crippen molar-refractivity contribution in [2.75, 3.05) is 11.1 Å². The lowest BCUT2D eigenvalue weighted by Crippen LogP contribution is -2.27. The Kier molecular flexibility index (Phi) is 7.73. The molecule has 0 aliphatic carbocycles. The van der Waals surface area contributed by atoms with Crippen LogP contribution in [0.25, 0.3) is 0 Å². The van der Waals surface area contributed by atoms with Crippen molar-refractivity contribution in [3.63, 3.8) is 0 Å². The highest BCUT2D eigenvalue weighted by molar-refractivity contribution is 7.92. The molecule has 0 fully saturated rings. The third-order valence-electron chi connectivity index (χ3n) is 3.42. The van der Waals surface area contributed by atoms with Crippen molar-refractivity contribution in [3.05, 3.63) is 24.3 Å². The van der Waals surface area contributed by atoms with Gasteiger partial charge in [-0.05, 0) is 51.5 Å². The second-order valence-electron chi connectivity index (χ2n) is 6.94. The molecule has 1 rings (SSSR count). The first kappa shape index (κ1) is 20.5. The summed E-state index contributed by atoms with van der Waals surface area (Å²) in [6, 6.07) is 6.61. The van der Waals surface area contributed by atoms with Gasteiger partial charge in [0.05, 0.1) is 9.73 Å². The van der Waals surface area contributed by atoms with E-state index in [1.54, 1.807) is 45.0 Å². The number of rotatable bonds is 8. The summed E-state index contributed by atoms with van der Waals surface area (Å²) in [6.45, 7) is 7.54. The summed E-state index contributed by atoms with van der Waals surface area (Å²) >= 11 is 0. The lowest BCUT2D eigenvalue weighted by molar-refractivity contribution is 0.0636. The molecule has 0 saturated heterocycles. The maximum atomic E-state index is 12.5. The minimum atomic E-state index is -2.77. The Morgan fingerprint density at radius 2 is 1.71 bits per heavy atom. The van der Waals surface area contributed by atoms with E-state index in [1.165, 1.54) is 12.8 Å². The Morgan fingerprint density at radius 1 is 1.12 bits per heavy atom. The molecule has 1 amide bonds. The van der Waals surface area contributed by atoms with Crippen molar-refractivity contribution >= 4 is 21.5 Å². The zero-order valence-electron chi connectivity index (χ0n) is 15.2.